The van der Waals surface area contributed by atoms with Crippen molar-refractivity contribution in [3.05, 3.63) is 0 Å². The molecule has 0 N–H and O–H groups in total. The van der Waals surface area contributed by atoms with Crippen molar-refractivity contribution < 1.29 is 85.3 Å². The maximum Gasteiger partial charge on any atom is 0.152 e. The monoisotopic (exact) mass is 1250 g/mol. The quantitative estimate of drug-likeness (QED) is 0.166. The van der Waals surface area contributed by atoms with Gasteiger partial charge in [-0.15, -0.1) is 0 Å². The van der Waals surface area contributed by atoms with Crippen molar-refractivity contribution in [2.45, 2.75) is 257 Å². The van der Waals surface area contributed by atoms with E-state index in [4.69, 9.17) is 66.3 Å². The summed E-state index contributed by atoms with van der Waals surface area (Å²) in [4.78, 5) is 0. The summed E-state index contributed by atoms with van der Waals surface area (Å²) in [7, 11) is 0. The molecule has 18 heteroatoms. The molecule has 0 bridgehead atoms. The molecular weight excluding hydrogens is 1120 g/mol. The van der Waals surface area contributed by atoms with Crippen LogP contribution in [0.25, 0.3) is 0 Å². The van der Waals surface area contributed by atoms with Gasteiger partial charge in [-0.1, -0.05) is 161 Å². The maximum atomic E-state index is 5.07. The van der Waals surface area contributed by atoms with Crippen LogP contribution in [-0.2, 0) is 85.3 Å². The summed E-state index contributed by atoms with van der Waals surface area (Å²) in [6, 6.07) is 0. The van der Waals surface area contributed by atoms with Gasteiger partial charge >= 0.3 is 0 Å². The van der Waals surface area contributed by atoms with Gasteiger partial charge in [-0.25, -0.2) is 0 Å². The highest BCUT2D eigenvalue weighted by molar-refractivity contribution is 4.54. The molecule has 87 heavy (non-hydrogen) atoms. The highest BCUT2D eigenvalue weighted by Crippen LogP contribution is 2.17. The summed E-state index contributed by atoms with van der Waals surface area (Å²) in [5.41, 5.74) is 0. The van der Waals surface area contributed by atoms with E-state index in [1.807, 2.05) is 0 Å². The number of ether oxygens (including phenoxy) is 18. The second-order valence-corrected chi connectivity index (χ2v) is 23.1. The number of epoxide rings is 1. The molecule has 522 valence electrons. The van der Waals surface area contributed by atoms with E-state index in [-0.39, 0.29) is 0 Å². The fourth-order valence-corrected chi connectivity index (χ4v) is 8.01. The SMILES string of the molecule is C1CC1.C1CCC1.C1CCCC1.C1CCCCC1.C1CCCCCC1.C1CCOC1.C1CCOC1.C1CCOCC1.C1CCOCC1.C1CO1.C1COC1.C1COC1.C1COCO1.C1COCOC1.C1COCOC1.C1COCOC1.C1OCOCO1. The Balaban J connectivity index is 0.000000464. The third-order valence-corrected chi connectivity index (χ3v) is 14.3. The van der Waals surface area contributed by atoms with Crippen molar-refractivity contribution in [2.75, 3.05) is 193 Å². The Hall–Kier alpha value is -0.720. The van der Waals surface area contributed by atoms with Crippen molar-refractivity contribution >= 4 is 0 Å². The lowest BCUT2D eigenvalue weighted by Gasteiger charge is -2.10. The van der Waals surface area contributed by atoms with Crippen LogP contribution in [0.3, 0.4) is 0 Å². The van der Waals surface area contributed by atoms with Crippen molar-refractivity contribution in [1.29, 1.82) is 0 Å². The minimum Gasteiger partial charge on any atom is -0.381 e. The van der Waals surface area contributed by atoms with Crippen LogP contribution in [0.2, 0.25) is 0 Å². The van der Waals surface area contributed by atoms with Crippen LogP contribution in [0, 0.1) is 0 Å². The van der Waals surface area contributed by atoms with Crippen molar-refractivity contribution in [3.63, 3.8) is 0 Å². The first-order valence-electron chi connectivity index (χ1n) is 35.9. The Labute approximate surface area is 533 Å². The van der Waals surface area contributed by atoms with E-state index in [2.05, 4.69) is 18.9 Å². The molecule has 5 saturated carbocycles. The van der Waals surface area contributed by atoms with Crippen LogP contribution in [-0.4, -0.2) is 193 Å². The molecule has 0 unspecified atom stereocenters. The molecule has 17 fully saturated rings. The van der Waals surface area contributed by atoms with Crippen LogP contribution in [0.5, 0.6) is 0 Å². The zero-order valence-electron chi connectivity index (χ0n) is 56.1. The van der Waals surface area contributed by atoms with Gasteiger partial charge in [0.15, 0.2) is 20.4 Å². The summed E-state index contributed by atoms with van der Waals surface area (Å²) in [6.07, 6.45) is 56.2. The van der Waals surface area contributed by atoms with Crippen LogP contribution >= 0.6 is 0 Å². The molecular formula is C69H138O18. The molecule has 17 rings (SSSR count). The molecule has 18 nitrogen and oxygen atoms in total. The number of hydrogen-bond donors (Lipinski definition) is 0. The molecule has 0 spiro atoms. The van der Waals surface area contributed by atoms with Gasteiger partial charge in [0.1, 0.15) is 27.2 Å². The van der Waals surface area contributed by atoms with Crippen molar-refractivity contribution in [2.24, 2.45) is 0 Å². The molecule has 0 aromatic heterocycles. The minimum absolute atomic E-state index is 0.375. The fraction of sp³-hybridized carbons (Fsp3) is 1.00. The third-order valence-electron chi connectivity index (χ3n) is 14.3. The van der Waals surface area contributed by atoms with E-state index < -0.39 is 0 Å². The van der Waals surface area contributed by atoms with Gasteiger partial charge in [0, 0.05) is 79.3 Å². The first-order valence-corrected chi connectivity index (χ1v) is 35.9. The first kappa shape index (κ1) is 84.3. The van der Waals surface area contributed by atoms with Gasteiger partial charge in [0.05, 0.1) is 66.1 Å². The van der Waals surface area contributed by atoms with Gasteiger partial charge in [0.2, 0.25) is 0 Å². The van der Waals surface area contributed by atoms with Gasteiger partial charge in [-0.05, 0) is 96.3 Å². The summed E-state index contributed by atoms with van der Waals surface area (Å²) in [6.45, 7) is 23.9. The topological polar surface area (TPSA) is 169 Å². The van der Waals surface area contributed by atoms with E-state index in [9.17, 15) is 0 Å². The van der Waals surface area contributed by atoms with Crippen LogP contribution in [0.1, 0.15) is 257 Å². The van der Waals surface area contributed by atoms with Gasteiger partial charge in [-0.3, -0.25) is 0 Å². The second-order valence-electron chi connectivity index (χ2n) is 23.1. The Kier molecular flexibility index (Phi) is 78.8. The Morgan fingerprint density at radius 3 is 0.241 bits per heavy atom. The second kappa shape index (κ2) is 81.4. The summed E-state index contributed by atoms with van der Waals surface area (Å²) >= 11 is 0. The van der Waals surface area contributed by atoms with Gasteiger partial charge in [0.25, 0.3) is 0 Å². The zero-order valence-corrected chi connectivity index (χ0v) is 56.1. The smallest absolute Gasteiger partial charge is 0.152 e. The standard InChI is InChI=1S/C7H14.C6H12.2C5H10O.C5H10.3C4H8O2.2C4H8O.C4H8.C3H6O3.C3H6O2.2C3H6O.C3H6.C2H4O/c1-2-4-6-7-5-3-1;3*1-2-4-6-5-3-1;1-2-4-5-3-1;3*1-2-5-4-6-3-1;2*1-2-4-5-3-1;1-2-4-3-1;1-4-2-6-3-5-1;1-2-5-3-4-1;2*1-2-4-3-1;2*1-2-3-1/h1-7H2;1-6H2;2*1-5H2;1-5H2;3*1-4H2;2*1-4H2;1-4H2;1-3H2;1-3H2;2*1-3H2;1-3H2;1-2H2. The average Bonchev–Trinajstić information content (AvgIpc) is 4.32. The molecule has 0 radical (unpaired) electrons. The summed E-state index contributed by atoms with van der Waals surface area (Å²) in [5.74, 6) is 0. The molecule has 5 aliphatic carbocycles. The van der Waals surface area contributed by atoms with Gasteiger partial charge < -0.3 is 85.3 Å². The Morgan fingerprint density at radius 2 is 0.172 bits per heavy atom. The molecule has 0 aromatic rings. The highest BCUT2D eigenvalue weighted by Gasteiger charge is 2.02. The molecule has 12 saturated heterocycles. The lowest BCUT2D eigenvalue weighted by Crippen LogP contribution is -2.14. The molecule has 0 aromatic carbocycles. The zero-order chi connectivity index (χ0) is 61.5. The van der Waals surface area contributed by atoms with Gasteiger partial charge in [-0.2, -0.15) is 0 Å². The largest absolute Gasteiger partial charge is 0.381 e. The highest BCUT2D eigenvalue weighted by atomic mass is 16.8. The van der Waals surface area contributed by atoms with Crippen molar-refractivity contribution in [1.82, 2.24) is 0 Å². The van der Waals surface area contributed by atoms with Crippen LogP contribution in [0.15, 0.2) is 0 Å². The lowest BCUT2D eigenvalue weighted by atomic mass is 10.0. The predicted octanol–water partition coefficient (Wildman–Crippen LogP) is 15.6. The van der Waals surface area contributed by atoms with E-state index in [0.717, 1.165) is 165 Å². The number of hydrogen-bond acceptors (Lipinski definition) is 18. The van der Waals surface area contributed by atoms with Crippen LogP contribution < -0.4 is 0 Å². The molecule has 0 amide bonds. The predicted molar refractivity (Wildman–Crippen MR) is 345 cm³/mol. The molecule has 12 heterocycles. The van der Waals surface area contributed by atoms with Crippen molar-refractivity contribution in [3.8, 4) is 0 Å². The van der Waals surface area contributed by atoms with E-state index >= 15 is 0 Å². The first-order chi connectivity index (χ1) is 43.5. The molecule has 12 aliphatic heterocycles. The Morgan fingerprint density at radius 1 is 0.0690 bits per heavy atom. The molecule has 0 atom stereocenters. The van der Waals surface area contributed by atoms with E-state index in [1.54, 1.807) is 0 Å². The molecule has 17 aliphatic rings. The van der Waals surface area contributed by atoms with Crippen LogP contribution in [0.4, 0.5) is 0 Å². The lowest BCUT2D eigenvalue weighted by molar-refractivity contribution is -0.247. The average molecular weight is 1260 g/mol. The Bertz CT molecular complexity index is 794. The summed E-state index contributed by atoms with van der Waals surface area (Å²) in [5, 5.41) is 0. The van der Waals surface area contributed by atoms with E-state index in [1.165, 1.54) is 238 Å². The third kappa shape index (κ3) is 87.4. The number of rotatable bonds is 0. The summed E-state index contributed by atoms with van der Waals surface area (Å²) < 4.78 is 86.4. The maximum absolute atomic E-state index is 5.07. The fourth-order valence-electron chi connectivity index (χ4n) is 8.01. The minimum atomic E-state index is 0.375. The van der Waals surface area contributed by atoms with E-state index in [0.29, 0.717) is 47.6 Å². The normalized spacial score (nSPS) is 24.0.